The summed E-state index contributed by atoms with van der Waals surface area (Å²) in [7, 11) is 0. The Kier molecular flexibility index (Phi) is 3.03. The highest BCUT2D eigenvalue weighted by Crippen LogP contribution is 2.31. The summed E-state index contributed by atoms with van der Waals surface area (Å²) in [4.78, 5) is 11.0. The van der Waals surface area contributed by atoms with Gasteiger partial charge < -0.3 is 4.90 Å². The molecule has 1 fully saturated rings. The minimum absolute atomic E-state index is 0.657. The Labute approximate surface area is 123 Å². The van der Waals surface area contributed by atoms with Crippen molar-refractivity contribution >= 4 is 16.9 Å². The van der Waals surface area contributed by atoms with E-state index in [1.165, 1.54) is 5.56 Å². The van der Waals surface area contributed by atoms with Gasteiger partial charge in [-0.2, -0.15) is 5.10 Å². The molecule has 1 aliphatic heterocycles. The fourth-order valence-corrected chi connectivity index (χ4v) is 3.15. The SMILES string of the molecule is c1ccc(C2CCN(c3ncnc4[nH]ncc34)CC2)cc1. The summed E-state index contributed by atoms with van der Waals surface area (Å²) < 4.78 is 0. The third-order valence-electron chi connectivity index (χ3n) is 4.29. The smallest absolute Gasteiger partial charge is 0.160 e. The Balaban J connectivity index is 1.54. The minimum atomic E-state index is 0.657. The predicted octanol–water partition coefficient (Wildman–Crippen LogP) is 2.74. The second kappa shape index (κ2) is 5.16. The Morgan fingerprint density at radius 1 is 1.05 bits per heavy atom. The van der Waals surface area contributed by atoms with E-state index in [0.29, 0.717) is 5.92 Å². The van der Waals surface area contributed by atoms with Gasteiger partial charge >= 0.3 is 0 Å². The molecule has 0 bridgehead atoms. The van der Waals surface area contributed by atoms with Crippen molar-refractivity contribution in [2.45, 2.75) is 18.8 Å². The number of anilines is 1. The maximum atomic E-state index is 4.46. The maximum absolute atomic E-state index is 4.46. The molecule has 0 atom stereocenters. The first kappa shape index (κ1) is 12.3. The average molecular weight is 279 g/mol. The van der Waals surface area contributed by atoms with Crippen molar-refractivity contribution in [3.8, 4) is 0 Å². The maximum Gasteiger partial charge on any atom is 0.160 e. The molecule has 1 N–H and O–H groups in total. The van der Waals surface area contributed by atoms with Crippen LogP contribution in [0.3, 0.4) is 0 Å². The van der Waals surface area contributed by atoms with Crippen molar-refractivity contribution in [1.29, 1.82) is 0 Å². The molecule has 0 saturated carbocycles. The van der Waals surface area contributed by atoms with Gasteiger partial charge in [-0.05, 0) is 24.3 Å². The van der Waals surface area contributed by atoms with Crippen molar-refractivity contribution in [1.82, 2.24) is 20.2 Å². The normalized spacial score (nSPS) is 16.5. The molecule has 106 valence electrons. The fraction of sp³-hybridized carbons (Fsp3) is 0.312. The molecule has 0 unspecified atom stereocenters. The molecule has 0 aliphatic carbocycles. The number of aromatic nitrogens is 4. The van der Waals surface area contributed by atoms with Gasteiger partial charge in [0.1, 0.15) is 12.1 Å². The molecule has 5 nitrogen and oxygen atoms in total. The number of aromatic amines is 1. The summed E-state index contributed by atoms with van der Waals surface area (Å²) in [6, 6.07) is 10.8. The number of H-pyrrole nitrogens is 1. The van der Waals surface area contributed by atoms with Crippen LogP contribution < -0.4 is 4.90 Å². The van der Waals surface area contributed by atoms with Crippen LogP contribution in [0.1, 0.15) is 24.3 Å². The average Bonchev–Trinajstić information content (AvgIpc) is 3.04. The topological polar surface area (TPSA) is 57.7 Å². The molecule has 0 radical (unpaired) electrons. The molecule has 21 heavy (non-hydrogen) atoms. The molecule has 0 amide bonds. The van der Waals surface area contributed by atoms with E-state index in [9.17, 15) is 0 Å². The number of benzene rings is 1. The molecule has 3 heterocycles. The first-order valence-corrected chi connectivity index (χ1v) is 7.36. The lowest BCUT2D eigenvalue weighted by Gasteiger charge is -2.33. The van der Waals surface area contributed by atoms with Gasteiger partial charge in [-0.25, -0.2) is 9.97 Å². The molecule has 2 aromatic heterocycles. The van der Waals surface area contributed by atoms with E-state index >= 15 is 0 Å². The van der Waals surface area contributed by atoms with E-state index in [-0.39, 0.29) is 0 Å². The van der Waals surface area contributed by atoms with Crippen molar-refractivity contribution in [2.24, 2.45) is 0 Å². The third kappa shape index (κ3) is 2.24. The van der Waals surface area contributed by atoms with Crippen molar-refractivity contribution < 1.29 is 0 Å². The van der Waals surface area contributed by atoms with Crippen LogP contribution in [-0.4, -0.2) is 33.3 Å². The summed E-state index contributed by atoms with van der Waals surface area (Å²) in [6.07, 6.45) is 5.74. The molecule has 5 heteroatoms. The quantitative estimate of drug-likeness (QED) is 0.783. The Morgan fingerprint density at radius 3 is 2.67 bits per heavy atom. The number of nitrogens with one attached hydrogen (secondary N) is 1. The number of piperidine rings is 1. The number of fused-ring (bicyclic) bond motifs is 1. The summed E-state index contributed by atoms with van der Waals surface area (Å²) in [6.45, 7) is 2.05. The molecular formula is C16H17N5. The van der Waals surface area contributed by atoms with E-state index in [1.54, 1.807) is 6.33 Å². The van der Waals surface area contributed by atoms with Crippen LogP contribution in [0.5, 0.6) is 0 Å². The van der Waals surface area contributed by atoms with Gasteiger partial charge in [-0.3, -0.25) is 5.10 Å². The fourth-order valence-electron chi connectivity index (χ4n) is 3.15. The van der Waals surface area contributed by atoms with Crippen LogP contribution in [0.15, 0.2) is 42.9 Å². The standard InChI is InChI=1S/C16H17N5/c1-2-4-12(5-3-1)13-6-8-21(9-7-13)16-14-10-19-20-15(14)17-11-18-16/h1-5,10-11,13H,6-9H2,(H,17,18,19,20). The highest BCUT2D eigenvalue weighted by Gasteiger charge is 2.22. The summed E-state index contributed by atoms with van der Waals surface area (Å²) in [5.74, 6) is 1.66. The molecule has 3 aromatic rings. The Morgan fingerprint density at radius 2 is 1.86 bits per heavy atom. The van der Waals surface area contributed by atoms with E-state index in [4.69, 9.17) is 0 Å². The van der Waals surface area contributed by atoms with Crippen LogP contribution in [0.2, 0.25) is 0 Å². The summed E-state index contributed by atoms with van der Waals surface area (Å²) in [5, 5.41) is 7.98. The Bertz CT molecular complexity index is 729. The number of hydrogen-bond acceptors (Lipinski definition) is 4. The molecule has 1 aliphatic rings. The van der Waals surface area contributed by atoms with Crippen LogP contribution >= 0.6 is 0 Å². The first-order chi connectivity index (χ1) is 10.4. The van der Waals surface area contributed by atoms with E-state index in [1.807, 2.05) is 6.20 Å². The van der Waals surface area contributed by atoms with Gasteiger partial charge in [-0.1, -0.05) is 30.3 Å². The minimum Gasteiger partial charge on any atom is -0.356 e. The van der Waals surface area contributed by atoms with Crippen LogP contribution in [-0.2, 0) is 0 Å². The molecule has 1 saturated heterocycles. The number of rotatable bonds is 2. The van der Waals surface area contributed by atoms with Gasteiger partial charge in [0.15, 0.2) is 5.65 Å². The van der Waals surface area contributed by atoms with Crippen molar-refractivity contribution in [2.75, 3.05) is 18.0 Å². The lowest BCUT2D eigenvalue weighted by atomic mass is 9.89. The molecular weight excluding hydrogens is 262 g/mol. The molecule has 0 spiro atoms. The zero-order valence-corrected chi connectivity index (χ0v) is 11.7. The highest BCUT2D eigenvalue weighted by atomic mass is 15.2. The third-order valence-corrected chi connectivity index (χ3v) is 4.29. The number of hydrogen-bond donors (Lipinski definition) is 1. The zero-order chi connectivity index (χ0) is 14.1. The van der Waals surface area contributed by atoms with Crippen molar-refractivity contribution in [3.63, 3.8) is 0 Å². The predicted molar refractivity (Wildman–Crippen MR) is 82.3 cm³/mol. The van der Waals surface area contributed by atoms with Crippen LogP contribution in [0.4, 0.5) is 5.82 Å². The number of nitrogens with zero attached hydrogens (tertiary/aromatic N) is 4. The van der Waals surface area contributed by atoms with Gasteiger partial charge in [0.05, 0.1) is 11.6 Å². The second-order valence-electron chi connectivity index (χ2n) is 5.50. The monoisotopic (exact) mass is 279 g/mol. The second-order valence-corrected chi connectivity index (χ2v) is 5.50. The van der Waals surface area contributed by atoms with Gasteiger partial charge in [0.2, 0.25) is 0 Å². The zero-order valence-electron chi connectivity index (χ0n) is 11.7. The lowest BCUT2D eigenvalue weighted by molar-refractivity contribution is 0.503. The lowest BCUT2D eigenvalue weighted by Crippen LogP contribution is -2.33. The van der Waals surface area contributed by atoms with E-state index < -0.39 is 0 Å². The summed E-state index contributed by atoms with van der Waals surface area (Å²) in [5.41, 5.74) is 2.26. The molecule has 1 aromatic carbocycles. The molecule has 4 rings (SSSR count). The Hall–Kier alpha value is -2.43. The van der Waals surface area contributed by atoms with Crippen molar-refractivity contribution in [3.05, 3.63) is 48.4 Å². The van der Waals surface area contributed by atoms with E-state index in [2.05, 4.69) is 55.4 Å². The first-order valence-electron chi connectivity index (χ1n) is 7.36. The van der Waals surface area contributed by atoms with Crippen LogP contribution in [0.25, 0.3) is 11.0 Å². The van der Waals surface area contributed by atoms with Crippen LogP contribution in [0, 0.1) is 0 Å². The van der Waals surface area contributed by atoms with Gasteiger partial charge in [0, 0.05) is 13.1 Å². The highest BCUT2D eigenvalue weighted by molar-refractivity contribution is 5.86. The largest absolute Gasteiger partial charge is 0.356 e. The van der Waals surface area contributed by atoms with Gasteiger partial charge in [0.25, 0.3) is 0 Å². The van der Waals surface area contributed by atoms with E-state index in [0.717, 1.165) is 42.8 Å². The van der Waals surface area contributed by atoms with Gasteiger partial charge in [-0.15, -0.1) is 0 Å². The summed E-state index contributed by atoms with van der Waals surface area (Å²) >= 11 is 0.